The number of halogens is 2. The summed E-state index contributed by atoms with van der Waals surface area (Å²) < 4.78 is 18.5. The Morgan fingerprint density at radius 1 is 1.28 bits per heavy atom. The van der Waals surface area contributed by atoms with Crippen molar-refractivity contribution in [2.45, 2.75) is 13.3 Å². The second-order valence-corrected chi connectivity index (χ2v) is 6.28. The van der Waals surface area contributed by atoms with Gasteiger partial charge in [0.25, 0.3) is 5.91 Å². The van der Waals surface area contributed by atoms with Gasteiger partial charge < -0.3 is 15.0 Å². The van der Waals surface area contributed by atoms with Gasteiger partial charge in [0.1, 0.15) is 11.6 Å². The van der Waals surface area contributed by atoms with E-state index in [-0.39, 0.29) is 23.4 Å². The van der Waals surface area contributed by atoms with Crippen LogP contribution in [0, 0.1) is 5.82 Å². The number of carbonyl (C=O) groups excluding carboxylic acids is 2. The molecule has 138 valence electrons. The van der Waals surface area contributed by atoms with E-state index in [1.165, 1.54) is 18.2 Å². The number of nitrogens with zero attached hydrogens (tertiary/aromatic N) is 2. The molecular formula is C17H23ClFN3O3. The number of ether oxygens (including phenoxy) is 1. The summed E-state index contributed by atoms with van der Waals surface area (Å²) in [6, 6.07) is 3.98. The van der Waals surface area contributed by atoms with Crippen LogP contribution in [-0.2, 0) is 9.59 Å². The largest absolute Gasteiger partial charge is 0.484 e. The number of benzene rings is 1. The molecule has 2 rings (SSSR count). The summed E-state index contributed by atoms with van der Waals surface area (Å²) in [5, 5.41) is 2.80. The molecule has 25 heavy (non-hydrogen) atoms. The summed E-state index contributed by atoms with van der Waals surface area (Å²) in [6.45, 7) is 5.31. The minimum absolute atomic E-state index is 0.0122. The van der Waals surface area contributed by atoms with Crippen LogP contribution in [0.3, 0.4) is 0 Å². The molecule has 1 fully saturated rings. The van der Waals surface area contributed by atoms with Crippen LogP contribution in [0.1, 0.15) is 13.3 Å². The highest BCUT2D eigenvalue weighted by atomic mass is 35.5. The Morgan fingerprint density at radius 3 is 2.64 bits per heavy atom. The van der Waals surface area contributed by atoms with Gasteiger partial charge in [-0.2, -0.15) is 0 Å². The maximum Gasteiger partial charge on any atom is 0.260 e. The third-order valence-electron chi connectivity index (χ3n) is 3.92. The summed E-state index contributed by atoms with van der Waals surface area (Å²) >= 11 is 5.68. The minimum Gasteiger partial charge on any atom is -0.484 e. The summed E-state index contributed by atoms with van der Waals surface area (Å²) in [7, 11) is 0. The number of nitrogens with one attached hydrogen (secondary N) is 1. The Labute approximate surface area is 151 Å². The molecule has 0 unspecified atom stereocenters. The lowest BCUT2D eigenvalue weighted by Crippen LogP contribution is -2.52. The highest BCUT2D eigenvalue weighted by molar-refractivity contribution is 6.30. The van der Waals surface area contributed by atoms with E-state index >= 15 is 0 Å². The van der Waals surface area contributed by atoms with Crippen molar-refractivity contribution in [3.05, 3.63) is 29.0 Å². The fraction of sp³-hybridized carbons (Fsp3) is 0.529. The SMILES string of the molecule is CCCNC(=O)CN1CCN(C(=O)COc2ccc(F)c(Cl)c2)CC1. The van der Waals surface area contributed by atoms with Crippen LogP contribution < -0.4 is 10.1 Å². The van der Waals surface area contributed by atoms with Crippen molar-refractivity contribution >= 4 is 23.4 Å². The lowest BCUT2D eigenvalue weighted by Gasteiger charge is -2.34. The Balaban J connectivity index is 1.71. The lowest BCUT2D eigenvalue weighted by atomic mass is 10.3. The van der Waals surface area contributed by atoms with Crippen LogP contribution in [0.2, 0.25) is 5.02 Å². The van der Waals surface area contributed by atoms with Gasteiger partial charge in [-0.15, -0.1) is 0 Å². The highest BCUT2D eigenvalue weighted by Crippen LogP contribution is 2.21. The number of rotatable bonds is 7. The number of hydrogen-bond acceptors (Lipinski definition) is 4. The molecule has 0 bridgehead atoms. The predicted octanol–water partition coefficient (Wildman–Crippen LogP) is 1.53. The van der Waals surface area contributed by atoms with E-state index in [0.717, 1.165) is 6.42 Å². The van der Waals surface area contributed by atoms with E-state index in [1.54, 1.807) is 4.90 Å². The Bertz CT molecular complexity index is 607. The average Bonchev–Trinajstić information content (AvgIpc) is 2.61. The zero-order valence-electron chi connectivity index (χ0n) is 14.3. The first-order valence-electron chi connectivity index (χ1n) is 8.34. The van der Waals surface area contributed by atoms with E-state index < -0.39 is 5.82 Å². The molecule has 0 radical (unpaired) electrons. The van der Waals surface area contributed by atoms with Gasteiger partial charge in [0.2, 0.25) is 5.91 Å². The third kappa shape index (κ3) is 6.17. The van der Waals surface area contributed by atoms with Crippen molar-refractivity contribution in [2.75, 3.05) is 45.9 Å². The fourth-order valence-electron chi connectivity index (χ4n) is 2.48. The van der Waals surface area contributed by atoms with E-state index in [2.05, 4.69) is 5.32 Å². The summed E-state index contributed by atoms with van der Waals surface area (Å²) in [6.07, 6.45) is 0.910. The summed E-state index contributed by atoms with van der Waals surface area (Å²) in [4.78, 5) is 27.6. The molecular weight excluding hydrogens is 349 g/mol. The van der Waals surface area contributed by atoms with Gasteiger partial charge in [-0.1, -0.05) is 18.5 Å². The second kappa shape index (κ2) is 9.58. The molecule has 8 heteroatoms. The van der Waals surface area contributed by atoms with Crippen LogP contribution in [0.25, 0.3) is 0 Å². The van der Waals surface area contributed by atoms with Crippen LogP contribution in [0.5, 0.6) is 5.75 Å². The van der Waals surface area contributed by atoms with Crippen molar-refractivity contribution in [2.24, 2.45) is 0 Å². The van der Waals surface area contributed by atoms with Gasteiger partial charge in [-0.3, -0.25) is 14.5 Å². The van der Waals surface area contributed by atoms with Crippen molar-refractivity contribution < 1.29 is 18.7 Å². The Morgan fingerprint density at radius 2 is 2.00 bits per heavy atom. The van der Waals surface area contributed by atoms with Gasteiger partial charge in [0, 0.05) is 38.8 Å². The minimum atomic E-state index is -0.528. The van der Waals surface area contributed by atoms with Gasteiger partial charge in [0.05, 0.1) is 11.6 Å². The fourth-order valence-corrected chi connectivity index (χ4v) is 2.65. The molecule has 0 aliphatic carbocycles. The molecule has 1 aromatic rings. The van der Waals surface area contributed by atoms with Crippen LogP contribution in [0.15, 0.2) is 18.2 Å². The summed E-state index contributed by atoms with van der Waals surface area (Å²) in [5.41, 5.74) is 0. The normalized spacial score (nSPS) is 15.1. The summed E-state index contributed by atoms with van der Waals surface area (Å²) in [5.74, 6) is -0.306. The highest BCUT2D eigenvalue weighted by Gasteiger charge is 2.22. The van der Waals surface area contributed by atoms with Gasteiger partial charge in [-0.05, 0) is 18.6 Å². The first-order chi connectivity index (χ1) is 12.0. The third-order valence-corrected chi connectivity index (χ3v) is 4.21. The zero-order chi connectivity index (χ0) is 18.2. The van der Waals surface area contributed by atoms with Crippen molar-refractivity contribution in [3.8, 4) is 5.75 Å². The van der Waals surface area contributed by atoms with E-state index in [0.29, 0.717) is 45.0 Å². The molecule has 0 atom stereocenters. The molecule has 1 aliphatic heterocycles. The Kier molecular flexibility index (Phi) is 7.46. The second-order valence-electron chi connectivity index (χ2n) is 5.87. The quantitative estimate of drug-likeness (QED) is 0.789. The first-order valence-corrected chi connectivity index (χ1v) is 8.72. The topological polar surface area (TPSA) is 61.9 Å². The van der Waals surface area contributed by atoms with Crippen molar-refractivity contribution in [1.29, 1.82) is 0 Å². The van der Waals surface area contributed by atoms with Crippen LogP contribution >= 0.6 is 11.6 Å². The molecule has 6 nitrogen and oxygen atoms in total. The van der Waals surface area contributed by atoms with Crippen molar-refractivity contribution in [1.82, 2.24) is 15.1 Å². The van der Waals surface area contributed by atoms with Crippen LogP contribution in [0.4, 0.5) is 4.39 Å². The van der Waals surface area contributed by atoms with E-state index in [4.69, 9.17) is 16.3 Å². The molecule has 2 amide bonds. The molecule has 0 aromatic heterocycles. The molecule has 1 aromatic carbocycles. The smallest absolute Gasteiger partial charge is 0.260 e. The standard InChI is InChI=1S/C17H23ClFN3O3/c1-2-5-20-16(23)11-21-6-8-22(9-7-21)17(24)12-25-13-3-4-15(19)14(18)10-13/h3-4,10H,2,5-9,11-12H2,1H3,(H,20,23). The molecule has 1 saturated heterocycles. The van der Waals surface area contributed by atoms with Crippen molar-refractivity contribution in [3.63, 3.8) is 0 Å². The van der Waals surface area contributed by atoms with Crippen LogP contribution in [-0.4, -0.2) is 67.5 Å². The molecule has 0 spiro atoms. The maximum atomic E-state index is 13.1. The molecule has 1 heterocycles. The lowest BCUT2D eigenvalue weighted by molar-refractivity contribution is -0.135. The number of carbonyl (C=O) groups is 2. The molecule has 1 N–H and O–H groups in total. The maximum absolute atomic E-state index is 13.1. The average molecular weight is 372 g/mol. The van der Waals surface area contributed by atoms with Gasteiger partial charge >= 0.3 is 0 Å². The van der Waals surface area contributed by atoms with Gasteiger partial charge in [-0.25, -0.2) is 4.39 Å². The molecule has 1 aliphatic rings. The van der Waals surface area contributed by atoms with E-state index in [1.807, 2.05) is 11.8 Å². The number of hydrogen-bond donors (Lipinski definition) is 1. The first kappa shape index (κ1) is 19.5. The van der Waals surface area contributed by atoms with Gasteiger partial charge in [0.15, 0.2) is 6.61 Å². The predicted molar refractivity (Wildman–Crippen MR) is 93.2 cm³/mol. The van der Waals surface area contributed by atoms with E-state index in [9.17, 15) is 14.0 Å². The Hall–Kier alpha value is -1.86. The monoisotopic (exact) mass is 371 g/mol. The number of amides is 2. The number of piperazine rings is 1. The zero-order valence-corrected chi connectivity index (χ0v) is 15.0. The molecule has 0 saturated carbocycles.